The summed E-state index contributed by atoms with van der Waals surface area (Å²) in [5, 5.41) is 2.53. The summed E-state index contributed by atoms with van der Waals surface area (Å²) in [6.45, 7) is 7.16. The third-order valence-corrected chi connectivity index (χ3v) is 5.03. The van der Waals surface area contributed by atoms with Crippen molar-refractivity contribution in [1.29, 1.82) is 0 Å². The maximum Gasteiger partial charge on any atom is 0.330 e. The summed E-state index contributed by atoms with van der Waals surface area (Å²) < 4.78 is 40.4. The molecule has 0 aliphatic heterocycles. The molecule has 1 rings (SSSR count). The van der Waals surface area contributed by atoms with Gasteiger partial charge in [-0.2, -0.15) is 0 Å². The Labute approximate surface area is 178 Å². The highest BCUT2D eigenvalue weighted by atomic mass is 32.2. The molecule has 2 atom stereocenters. The summed E-state index contributed by atoms with van der Waals surface area (Å²) in [4.78, 5) is 24.4. The standard InChI is InChI=1S/C20H32N2O7S/c1-7-28-18-11-15(8-9-17(18)27-5)20(21,12-30(6,25)26)29-19(24)16(10-13(2)3)22-14(4)23/h8-9,11,13,16H,7,10,12,21H2,1-6H3,(H,22,23)/t16-,20-/m1/s1. The monoisotopic (exact) mass is 444 g/mol. The van der Waals surface area contributed by atoms with E-state index in [1.54, 1.807) is 13.0 Å². The van der Waals surface area contributed by atoms with Crippen LogP contribution < -0.4 is 20.5 Å². The molecule has 0 heterocycles. The summed E-state index contributed by atoms with van der Waals surface area (Å²) in [7, 11) is -2.18. The predicted octanol–water partition coefficient (Wildman–Crippen LogP) is 1.34. The van der Waals surface area contributed by atoms with Crippen molar-refractivity contribution in [3.05, 3.63) is 23.8 Å². The lowest BCUT2D eigenvalue weighted by Crippen LogP contribution is -2.51. The van der Waals surface area contributed by atoms with Gasteiger partial charge in [-0.05, 0) is 37.5 Å². The van der Waals surface area contributed by atoms with Crippen LogP contribution in [0.1, 0.15) is 39.7 Å². The van der Waals surface area contributed by atoms with Crippen LogP contribution in [0, 0.1) is 5.92 Å². The van der Waals surface area contributed by atoms with E-state index < -0.39 is 39.2 Å². The highest BCUT2D eigenvalue weighted by molar-refractivity contribution is 7.90. The topological polar surface area (TPSA) is 134 Å². The van der Waals surface area contributed by atoms with Crippen LogP contribution in [0.3, 0.4) is 0 Å². The molecule has 0 saturated carbocycles. The van der Waals surface area contributed by atoms with Crippen LogP contribution in [0.25, 0.3) is 0 Å². The van der Waals surface area contributed by atoms with Gasteiger partial charge in [0.05, 0.1) is 13.7 Å². The summed E-state index contributed by atoms with van der Waals surface area (Å²) in [5.41, 5.74) is 4.56. The van der Waals surface area contributed by atoms with E-state index >= 15 is 0 Å². The molecule has 0 aliphatic carbocycles. The van der Waals surface area contributed by atoms with Crippen molar-refractivity contribution in [3.8, 4) is 11.5 Å². The number of ether oxygens (including phenoxy) is 3. The Morgan fingerprint density at radius 2 is 1.87 bits per heavy atom. The van der Waals surface area contributed by atoms with E-state index in [1.807, 2.05) is 13.8 Å². The molecule has 9 nitrogen and oxygen atoms in total. The minimum Gasteiger partial charge on any atom is -0.493 e. The van der Waals surface area contributed by atoms with Gasteiger partial charge in [0.15, 0.2) is 21.3 Å². The summed E-state index contributed by atoms with van der Waals surface area (Å²) in [5.74, 6) is -1.06. The second-order valence-corrected chi connectivity index (χ2v) is 9.70. The van der Waals surface area contributed by atoms with Gasteiger partial charge in [0.1, 0.15) is 11.8 Å². The zero-order valence-corrected chi connectivity index (χ0v) is 19.2. The fourth-order valence-electron chi connectivity index (χ4n) is 2.95. The molecule has 0 saturated heterocycles. The van der Waals surface area contributed by atoms with E-state index in [2.05, 4.69) is 5.32 Å². The first-order valence-electron chi connectivity index (χ1n) is 9.59. The van der Waals surface area contributed by atoms with Gasteiger partial charge >= 0.3 is 5.97 Å². The molecule has 0 spiro atoms. The molecular formula is C20H32N2O7S. The fourth-order valence-corrected chi connectivity index (χ4v) is 3.96. The quantitative estimate of drug-likeness (QED) is 0.386. The van der Waals surface area contributed by atoms with Crippen molar-refractivity contribution in [2.75, 3.05) is 25.7 Å². The predicted molar refractivity (Wildman–Crippen MR) is 113 cm³/mol. The van der Waals surface area contributed by atoms with Crippen LogP contribution in [0.4, 0.5) is 0 Å². The lowest BCUT2D eigenvalue weighted by atomic mass is 10.0. The maximum absolute atomic E-state index is 12.9. The van der Waals surface area contributed by atoms with E-state index in [0.29, 0.717) is 24.5 Å². The number of nitrogens with one attached hydrogen (secondary N) is 1. The third kappa shape index (κ3) is 7.83. The van der Waals surface area contributed by atoms with Crippen LogP contribution in [-0.4, -0.2) is 52.1 Å². The minimum absolute atomic E-state index is 0.0713. The van der Waals surface area contributed by atoms with E-state index in [9.17, 15) is 18.0 Å². The number of benzene rings is 1. The molecule has 0 bridgehead atoms. The number of hydrogen-bond donors (Lipinski definition) is 2. The highest BCUT2D eigenvalue weighted by Crippen LogP contribution is 2.33. The zero-order valence-electron chi connectivity index (χ0n) is 18.4. The molecule has 10 heteroatoms. The Balaban J connectivity index is 3.39. The van der Waals surface area contributed by atoms with Crippen LogP contribution in [-0.2, 0) is 29.9 Å². The Bertz CT molecular complexity index is 855. The smallest absolute Gasteiger partial charge is 0.330 e. The van der Waals surface area contributed by atoms with Crippen molar-refractivity contribution in [2.45, 2.75) is 45.9 Å². The molecular weight excluding hydrogens is 412 g/mol. The van der Waals surface area contributed by atoms with Crippen LogP contribution in [0.2, 0.25) is 0 Å². The number of amides is 1. The number of methoxy groups -OCH3 is 1. The van der Waals surface area contributed by atoms with Gasteiger partial charge in [-0.25, -0.2) is 13.2 Å². The molecule has 30 heavy (non-hydrogen) atoms. The van der Waals surface area contributed by atoms with E-state index in [1.165, 1.54) is 26.2 Å². The highest BCUT2D eigenvalue weighted by Gasteiger charge is 2.39. The van der Waals surface area contributed by atoms with Gasteiger partial charge in [-0.15, -0.1) is 0 Å². The Morgan fingerprint density at radius 1 is 1.23 bits per heavy atom. The SMILES string of the molecule is CCOc1cc([C@@](N)(CS(C)(=O)=O)OC(=O)[C@@H](CC(C)C)NC(C)=O)ccc1OC. The lowest BCUT2D eigenvalue weighted by molar-refractivity contribution is -0.162. The van der Waals surface area contributed by atoms with Crippen molar-refractivity contribution < 1.29 is 32.2 Å². The summed E-state index contributed by atoms with van der Waals surface area (Å²) in [6, 6.07) is 3.58. The molecule has 0 aromatic heterocycles. The molecule has 0 aliphatic rings. The molecule has 0 fully saturated rings. The number of hydrogen-bond acceptors (Lipinski definition) is 8. The summed E-state index contributed by atoms with van der Waals surface area (Å²) in [6.07, 6.45) is 1.30. The molecule has 170 valence electrons. The Morgan fingerprint density at radius 3 is 2.33 bits per heavy atom. The number of sulfone groups is 1. The Kier molecular flexibility index (Phi) is 9.10. The van der Waals surface area contributed by atoms with E-state index in [0.717, 1.165) is 6.26 Å². The largest absolute Gasteiger partial charge is 0.493 e. The van der Waals surface area contributed by atoms with Crippen LogP contribution in [0.5, 0.6) is 11.5 Å². The first-order valence-corrected chi connectivity index (χ1v) is 11.6. The van der Waals surface area contributed by atoms with E-state index in [-0.39, 0.29) is 11.5 Å². The van der Waals surface area contributed by atoms with E-state index in [4.69, 9.17) is 19.9 Å². The number of esters is 1. The minimum atomic E-state index is -3.65. The first kappa shape index (κ1) is 25.7. The number of carbonyl (C=O) groups excluding carboxylic acids is 2. The van der Waals surface area contributed by atoms with Crippen molar-refractivity contribution in [1.82, 2.24) is 5.32 Å². The van der Waals surface area contributed by atoms with Gasteiger partial charge in [-0.3, -0.25) is 10.5 Å². The molecule has 0 unspecified atom stereocenters. The number of carbonyl (C=O) groups is 2. The van der Waals surface area contributed by atoms with Crippen molar-refractivity contribution in [2.24, 2.45) is 11.7 Å². The van der Waals surface area contributed by atoms with Gasteiger partial charge in [0.2, 0.25) is 11.6 Å². The molecule has 1 amide bonds. The van der Waals surface area contributed by atoms with Crippen molar-refractivity contribution >= 4 is 21.7 Å². The van der Waals surface area contributed by atoms with Crippen LogP contribution in [0.15, 0.2) is 18.2 Å². The number of nitrogens with two attached hydrogens (primary N) is 1. The molecule has 0 radical (unpaired) electrons. The van der Waals surface area contributed by atoms with Gasteiger partial charge < -0.3 is 19.5 Å². The average Bonchev–Trinajstić information content (AvgIpc) is 2.58. The number of rotatable bonds is 11. The van der Waals surface area contributed by atoms with Crippen molar-refractivity contribution in [3.63, 3.8) is 0 Å². The van der Waals surface area contributed by atoms with Gasteiger partial charge in [0.25, 0.3) is 0 Å². The fraction of sp³-hybridized carbons (Fsp3) is 0.600. The molecule has 3 N–H and O–H groups in total. The zero-order chi connectivity index (χ0) is 23.1. The Hall–Kier alpha value is -2.33. The van der Waals surface area contributed by atoms with Gasteiger partial charge in [-0.1, -0.05) is 13.8 Å². The lowest BCUT2D eigenvalue weighted by Gasteiger charge is -2.31. The van der Waals surface area contributed by atoms with Gasteiger partial charge in [0, 0.05) is 18.7 Å². The second kappa shape index (κ2) is 10.6. The molecule has 1 aromatic carbocycles. The molecule has 1 aromatic rings. The average molecular weight is 445 g/mol. The second-order valence-electron chi connectivity index (χ2n) is 7.56. The maximum atomic E-state index is 12.9. The third-order valence-electron chi connectivity index (χ3n) is 4.08. The normalized spacial score (nSPS) is 14.5. The van der Waals surface area contributed by atoms with Crippen LogP contribution >= 0.6 is 0 Å². The first-order chi connectivity index (χ1) is 13.8. The summed E-state index contributed by atoms with van der Waals surface area (Å²) >= 11 is 0.